The maximum absolute atomic E-state index is 14.9. The fourth-order valence-corrected chi connectivity index (χ4v) is 4.85. The normalized spacial score (nSPS) is 25.8. The van der Waals surface area contributed by atoms with Gasteiger partial charge in [-0.2, -0.15) is 11.8 Å². The highest BCUT2D eigenvalue weighted by Gasteiger charge is 2.44. The SMILES string of the molecule is NC(=O)CC1(NC(=O)c2ccc(C3(F)COC3)c(OCC3CC3)n2)CCSC1. The van der Waals surface area contributed by atoms with Gasteiger partial charge in [-0.3, -0.25) is 9.59 Å². The lowest BCUT2D eigenvalue weighted by atomic mass is 9.93. The first-order valence-corrected chi connectivity index (χ1v) is 10.6. The number of hydrogen-bond donors (Lipinski definition) is 2. The van der Waals surface area contributed by atoms with E-state index in [1.807, 2.05) is 0 Å². The number of nitrogens with zero attached hydrogens (tertiary/aromatic N) is 1. The molecule has 0 bridgehead atoms. The van der Waals surface area contributed by atoms with E-state index in [-0.39, 0.29) is 31.2 Å². The second-order valence-electron chi connectivity index (χ2n) is 7.94. The summed E-state index contributed by atoms with van der Waals surface area (Å²) in [6.45, 7) is 0.377. The number of nitrogens with one attached hydrogen (secondary N) is 1. The Bertz CT molecular complexity index is 776. The molecule has 2 amide bonds. The Labute approximate surface area is 166 Å². The molecule has 1 saturated carbocycles. The minimum atomic E-state index is -1.63. The third kappa shape index (κ3) is 4.10. The van der Waals surface area contributed by atoms with Crippen LogP contribution in [0.25, 0.3) is 0 Å². The van der Waals surface area contributed by atoms with Gasteiger partial charge in [-0.25, -0.2) is 9.37 Å². The van der Waals surface area contributed by atoms with E-state index >= 15 is 0 Å². The number of carbonyl (C=O) groups excluding carboxylic acids is 2. The van der Waals surface area contributed by atoms with Gasteiger partial charge in [-0.15, -0.1) is 0 Å². The van der Waals surface area contributed by atoms with Crippen molar-refractivity contribution in [2.75, 3.05) is 31.3 Å². The number of halogens is 1. The molecule has 3 heterocycles. The predicted molar refractivity (Wildman–Crippen MR) is 102 cm³/mol. The van der Waals surface area contributed by atoms with E-state index in [9.17, 15) is 14.0 Å². The molecule has 0 spiro atoms. The second-order valence-corrected chi connectivity index (χ2v) is 9.05. The number of primary amides is 1. The molecule has 3 fully saturated rings. The maximum Gasteiger partial charge on any atom is 0.270 e. The van der Waals surface area contributed by atoms with E-state index in [2.05, 4.69) is 10.3 Å². The fourth-order valence-electron chi connectivity index (χ4n) is 3.46. The van der Waals surface area contributed by atoms with Crippen molar-refractivity contribution in [3.63, 3.8) is 0 Å². The van der Waals surface area contributed by atoms with Crippen molar-refractivity contribution in [3.05, 3.63) is 23.4 Å². The number of pyridine rings is 1. The van der Waals surface area contributed by atoms with Crippen LogP contribution in [-0.4, -0.2) is 53.7 Å². The van der Waals surface area contributed by atoms with Crippen molar-refractivity contribution in [2.24, 2.45) is 11.7 Å². The van der Waals surface area contributed by atoms with Crippen molar-refractivity contribution in [1.29, 1.82) is 0 Å². The number of hydrogen-bond acceptors (Lipinski definition) is 6. The number of alkyl halides is 1. The molecular formula is C19H24FN3O4S. The van der Waals surface area contributed by atoms with Crippen LogP contribution >= 0.6 is 11.8 Å². The Morgan fingerprint density at radius 2 is 2.18 bits per heavy atom. The summed E-state index contributed by atoms with van der Waals surface area (Å²) in [6, 6.07) is 3.05. The van der Waals surface area contributed by atoms with E-state index in [1.165, 1.54) is 6.07 Å². The molecule has 0 radical (unpaired) electrons. The molecule has 3 aliphatic rings. The van der Waals surface area contributed by atoms with Crippen molar-refractivity contribution < 1.29 is 23.5 Å². The molecule has 1 aliphatic carbocycles. The number of ether oxygens (including phenoxy) is 2. The summed E-state index contributed by atoms with van der Waals surface area (Å²) >= 11 is 1.67. The zero-order valence-electron chi connectivity index (χ0n) is 15.5. The average molecular weight is 409 g/mol. The van der Waals surface area contributed by atoms with Crippen LogP contribution < -0.4 is 15.8 Å². The van der Waals surface area contributed by atoms with E-state index < -0.39 is 23.0 Å². The smallest absolute Gasteiger partial charge is 0.270 e. The molecule has 4 rings (SSSR count). The topological polar surface area (TPSA) is 104 Å². The van der Waals surface area contributed by atoms with Crippen LogP contribution in [0.5, 0.6) is 5.88 Å². The largest absolute Gasteiger partial charge is 0.477 e. The summed E-state index contributed by atoms with van der Waals surface area (Å²) in [5, 5.41) is 2.93. The highest BCUT2D eigenvalue weighted by atomic mass is 32.2. The van der Waals surface area contributed by atoms with Gasteiger partial charge < -0.3 is 20.5 Å². The molecule has 1 unspecified atom stereocenters. The van der Waals surface area contributed by atoms with Crippen LogP contribution in [0.1, 0.15) is 41.7 Å². The summed E-state index contributed by atoms with van der Waals surface area (Å²) in [6.07, 6.45) is 2.93. The molecule has 1 atom stereocenters. The number of carbonyl (C=O) groups is 2. The van der Waals surface area contributed by atoms with Crippen LogP contribution in [-0.2, 0) is 15.2 Å². The Morgan fingerprint density at radius 3 is 2.75 bits per heavy atom. The Kier molecular flexibility index (Phi) is 5.22. The first-order chi connectivity index (χ1) is 13.4. The highest BCUT2D eigenvalue weighted by molar-refractivity contribution is 7.99. The lowest BCUT2D eigenvalue weighted by Gasteiger charge is -2.34. The molecule has 2 aliphatic heterocycles. The predicted octanol–water partition coefficient (Wildman–Crippen LogP) is 1.55. The lowest BCUT2D eigenvalue weighted by molar-refractivity contribution is -0.136. The first-order valence-electron chi connectivity index (χ1n) is 9.49. The quantitative estimate of drug-likeness (QED) is 0.675. The molecule has 152 valence electrons. The minimum absolute atomic E-state index is 0.0427. The zero-order chi connectivity index (χ0) is 19.8. The van der Waals surface area contributed by atoms with E-state index in [4.69, 9.17) is 15.2 Å². The van der Waals surface area contributed by atoms with Crippen LogP contribution in [0.15, 0.2) is 12.1 Å². The molecule has 1 aromatic heterocycles. The second kappa shape index (κ2) is 7.51. The Balaban J connectivity index is 1.55. The number of nitrogens with two attached hydrogens (primary N) is 1. The molecular weight excluding hydrogens is 385 g/mol. The van der Waals surface area contributed by atoms with Gasteiger partial charge in [-0.05, 0) is 43.1 Å². The number of aromatic nitrogens is 1. The summed E-state index contributed by atoms with van der Waals surface area (Å²) in [5.41, 5.74) is 3.54. The standard InChI is InChI=1S/C19H24FN3O4S/c20-19(9-26-10-19)13-3-4-14(22-17(13)27-8-12-1-2-12)16(25)23-18(7-15(21)24)5-6-28-11-18/h3-4,12H,1-2,5-11H2,(H2,21,24)(H,23,25). The van der Waals surface area contributed by atoms with Crippen molar-refractivity contribution in [2.45, 2.75) is 36.9 Å². The number of rotatable bonds is 8. The van der Waals surface area contributed by atoms with Gasteiger partial charge in [-0.1, -0.05) is 0 Å². The van der Waals surface area contributed by atoms with Gasteiger partial charge in [0.05, 0.1) is 37.3 Å². The number of amides is 2. The van der Waals surface area contributed by atoms with Crippen LogP contribution in [0.4, 0.5) is 4.39 Å². The van der Waals surface area contributed by atoms with Crippen LogP contribution in [0.3, 0.4) is 0 Å². The van der Waals surface area contributed by atoms with Crippen molar-refractivity contribution in [1.82, 2.24) is 10.3 Å². The maximum atomic E-state index is 14.9. The number of thioether (sulfide) groups is 1. The average Bonchev–Trinajstić information content (AvgIpc) is 3.36. The summed E-state index contributed by atoms with van der Waals surface area (Å²) < 4.78 is 25.7. The summed E-state index contributed by atoms with van der Waals surface area (Å²) in [5.74, 6) is 1.22. The van der Waals surface area contributed by atoms with Crippen molar-refractivity contribution in [3.8, 4) is 5.88 Å². The Hall–Kier alpha value is -1.87. The minimum Gasteiger partial charge on any atom is -0.477 e. The van der Waals surface area contributed by atoms with Gasteiger partial charge >= 0.3 is 0 Å². The highest BCUT2D eigenvalue weighted by Crippen LogP contribution is 2.39. The molecule has 1 aromatic rings. The van der Waals surface area contributed by atoms with Gasteiger partial charge in [0.2, 0.25) is 11.8 Å². The van der Waals surface area contributed by atoms with E-state index in [0.717, 1.165) is 18.6 Å². The summed E-state index contributed by atoms with van der Waals surface area (Å²) in [4.78, 5) is 28.6. The summed E-state index contributed by atoms with van der Waals surface area (Å²) in [7, 11) is 0. The van der Waals surface area contributed by atoms with Gasteiger partial charge in [0.25, 0.3) is 5.91 Å². The van der Waals surface area contributed by atoms with Gasteiger partial charge in [0.15, 0.2) is 5.67 Å². The molecule has 7 nitrogen and oxygen atoms in total. The Morgan fingerprint density at radius 1 is 1.39 bits per heavy atom. The van der Waals surface area contributed by atoms with E-state index in [1.54, 1.807) is 17.8 Å². The molecule has 2 saturated heterocycles. The third-order valence-electron chi connectivity index (χ3n) is 5.38. The molecule has 28 heavy (non-hydrogen) atoms. The monoisotopic (exact) mass is 409 g/mol. The van der Waals surface area contributed by atoms with Gasteiger partial charge in [0, 0.05) is 5.75 Å². The van der Waals surface area contributed by atoms with Gasteiger partial charge in [0.1, 0.15) is 5.69 Å². The molecule has 9 heteroatoms. The van der Waals surface area contributed by atoms with Crippen LogP contribution in [0.2, 0.25) is 0 Å². The zero-order valence-corrected chi connectivity index (χ0v) is 16.4. The third-order valence-corrected chi connectivity index (χ3v) is 6.63. The molecule has 0 aromatic carbocycles. The first kappa shape index (κ1) is 19.4. The van der Waals surface area contributed by atoms with Crippen LogP contribution in [0, 0.1) is 5.92 Å². The molecule has 3 N–H and O–H groups in total. The lowest BCUT2D eigenvalue weighted by Crippen LogP contribution is -2.51. The van der Waals surface area contributed by atoms with E-state index in [0.29, 0.717) is 30.3 Å². The van der Waals surface area contributed by atoms with Crippen molar-refractivity contribution >= 4 is 23.6 Å². The fraction of sp³-hybridized carbons (Fsp3) is 0.632.